The lowest BCUT2D eigenvalue weighted by Crippen LogP contribution is -2.02. The molecule has 0 spiro atoms. The summed E-state index contributed by atoms with van der Waals surface area (Å²) in [6.07, 6.45) is 0. The molecule has 0 bridgehead atoms. The van der Waals surface area contributed by atoms with Crippen LogP contribution in [0.1, 0.15) is 12.5 Å². The molecule has 0 fully saturated rings. The van der Waals surface area contributed by atoms with Gasteiger partial charge >= 0.3 is 0 Å². The normalized spacial score (nSPS) is 15.6. The highest BCUT2D eigenvalue weighted by Crippen LogP contribution is 2.14. The Bertz CT molecular complexity index is 279. The Morgan fingerprint density at radius 2 is 1.83 bits per heavy atom. The predicted octanol–water partition coefficient (Wildman–Crippen LogP) is 2.69. The standard InChI is InChI=1S/C9H11ClOS/c1-7-3-5-9(6-4-7)12(11)8(2)10/h3-6,8H,1-2H3/t8-,12+/m0/s1. The molecule has 0 aliphatic carbocycles. The Morgan fingerprint density at radius 3 is 2.25 bits per heavy atom. The van der Waals surface area contributed by atoms with Gasteiger partial charge in [0.1, 0.15) is 4.71 Å². The van der Waals surface area contributed by atoms with Crippen LogP contribution in [0.3, 0.4) is 0 Å². The van der Waals surface area contributed by atoms with Crippen molar-refractivity contribution in [3.8, 4) is 0 Å². The minimum atomic E-state index is -1.08. The third-order valence-electron chi connectivity index (χ3n) is 1.55. The van der Waals surface area contributed by atoms with Crippen LogP contribution in [0.15, 0.2) is 29.2 Å². The van der Waals surface area contributed by atoms with Gasteiger partial charge < -0.3 is 0 Å². The van der Waals surface area contributed by atoms with Crippen LogP contribution >= 0.6 is 11.6 Å². The van der Waals surface area contributed by atoms with Crippen LogP contribution < -0.4 is 0 Å². The van der Waals surface area contributed by atoms with E-state index in [1.807, 2.05) is 31.2 Å². The molecule has 1 rings (SSSR count). The van der Waals surface area contributed by atoms with E-state index in [-0.39, 0.29) is 4.71 Å². The summed E-state index contributed by atoms with van der Waals surface area (Å²) >= 11 is 5.70. The molecule has 0 aromatic heterocycles. The molecular weight excluding hydrogens is 192 g/mol. The number of hydrogen-bond acceptors (Lipinski definition) is 1. The van der Waals surface area contributed by atoms with Crippen LogP contribution in [-0.2, 0) is 10.8 Å². The summed E-state index contributed by atoms with van der Waals surface area (Å²) < 4.78 is 11.1. The highest BCUT2D eigenvalue weighted by Gasteiger charge is 2.08. The molecule has 2 atom stereocenters. The second-order valence-electron chi connectivity index (χ2n) is 2.65. The Balaban J connectivity index is 2.90. The molecule has 0 amide bonds. The van der Waals surface area contributed by atoms with Gasteiger partial charge in [-0.1, -0.05) is 17.7 Å². The topological polar surface area (TPSA) is 17.1 Å². The smallest absolute Gasteiger partial charge is 0.110 e. The van der Waals surface area contributed by atoms with Crippen LogP contribution in [0.25, 0.3) is 0 Å². The fourth-order valence-electron chi connectivity index (χ4n) is 0.860. The molecule has 3 heteroatoms. The molecule has 12 heavy (non-hydrogen) atoms. The molecule has 66 valence electrons. The summed E-state index contributed by atoms with van der Waals surface area (Å²) in [5, 5.41) is 0. The number of alkyl halides is 1. The largest absolute Gasteiger partial charge is 0.253 e. The first-order valence-corrected chi connectivity index (χ1v) is 5.37. The van der Waals surface area contributed by atoms with Crippen molar-refractivity contribution in [2.75, 3.05) is 0 Å². The van der Waals surface area contributed by atoms with Gasteiger partial charge in [-0.05, 0) is 26.0 Å². The van der Waals surface area contributed by atoms with E-state index in [1.54, 1.807) is 6.92 Å². The van der Waals surface area contributed by atoms with E-state index in [4.69, 9.17) is 11.6 Å². The quantitative estimate of drug-likeness (QED) is 0.674. The summed E-state index contributed by atoms with van der Waals surface area (Å²) in [6, 6.07) is 7.58. The number of aryl methyl sites for hydroxylation is 1. The van der Waals surface area contributed by atoms with Crippen molar-refractivity contribution in [2.45, 2.75) is 23.5 Å². The zero-order valence-corrected chi connectivity index (χ0v) is 8.65. The fourth-order valence-corrected chi connectivity index (χ4v) is 1.95. The average molecular weight is 203 g/mol. The molecule has 0 saturated heterocycles. The average Bonchev–Trinajstić information content (AvgIpc) is 2.04. The van der Waals surface area contributed by atoms with Gasteiger partial charge in [-0.2, -0.15) is 0 Å². The summed E-state index contributed by atoms with van der Waals surface area (Å²) in [6.45, 7) is 3.73. The lowest BCUT2D eigenvalue weighted by atomic mass is 10.2. The number of benzene rings is 1. The second-order valence-corrected chi connectivity index (χ2v) is 5.34. The summed E-state index contributed by atoms with van der Waals surface area (Å²) in [4.78, 5) is 0.795. The highest BCUT2D eigenvalue weighted by atomic mass is 35.5. The monoisotopic (exact) mass is 202 g/mol. The predicted molar refractivity (Wildman–Crippen MR) is 52.9 cm³/mol. The fraction of sp³-hybridized carbons (Fsp3) is 0.333. The van der Waals surface area contributed by atoms with Crippen molar-refractivity contribution in [2.24, 2.45) is 0 Å². The molecule has 0 aliphatic heterocycles. The van der Waals surface area contributed by atoms with Gasteiger partial charge in [0.2, 0.25) is 0 Å². The third kappa shape index (κ3) is 2.32. The van der Waals surface area contributed by atoms with Gasteiger partial charge in [0, 0.05) is 4.90 Å². The lowest BCUT2D eigenvalue weighted by Gasteiger charge is -2.03. The maximum Gasteiger partial charge on any atom is 0.110 e. The van der Waals surface area contributed by atoms with Crippen molar-refractivity contribution in [1.29, 1.82) is 0 Å². The van der Waals surface area contributed by atoms with E-state index in [2.05, 4.69) is 0 Å². The molecule has 0 N–H and O–H groups in total. The summed E-state index contributed by atoms with van der Waals surface area (Å²) in [7, 11) is -1.08. The van der Waals surface area contributed by atoms with Gasteiger partial charge in [0.25, 0.3) is 0 Å². The van der Waals surface area contributed by atoms with Crippen molar-refractivity contribution < 1.29 is 4.21 Å². The van der Waals surface area contributed by atoms with E-state index < -0.39 is 10.8 Å². The Hall–Kier alpha value is -0.340. The SMILES string of the molecule is Cc1ccc([S@](=O)[C@@H](C)Cl)cc1. The molecule has 1 nitrogen and oxygen atoms in total. The van der Waals surface area contributed by atoms with E-state index in [0.717, 1.165) is 10.5 Å². The van der Waals surface area contributed by atoms with Crippen LogP contribution in [0.4, 0.5) is 0 Å². The zero-order valence-electron chi connectivity index (χ0n) is 7.08. The zero-order chi connectivity index (χ0) is 9.14. The first-order chi connectivity index (χ1) is 5.61. The Morgan fingerprint density at radius 1 is 1.33 bits per heavy atom. The molecule has 0 unspecified atom stereocenters. The molecule has 1 aromatic carbocycles. The molecule has 0 radical (unpaired) electrons. The van der Waals surface area contributed by atoms with Crippen molar-refractivity contribution in [1.82, 2.24) is 0 Å². The second kappa shape index (κ2) is 4.06. The van der Waals surface area contributed by atoms with Crippen molar-refractivity contribution in [3.63, 3.8) is 0 Å². The van der Waals surface area contributed by atoms with E-state index in [0.29, 0.717) is 0 Å². The van der Waals surface area contributed by atoms with Gasteiger partial charge in [0.15, 0.2) is 0 Å². The molecule has 0 saturated carbocycles. The van der Waals surface area contributed by atoms with Crippen molar-refractivity contribution in [3.05, 3.63) is 29.8 Å². The Labute approximate surface area is 80.2 Å². The van der Waals surface area contributed by atoms with E-state index >= 15 is 0 Å². The highest BCUT2D eigenvalue weighted by molar-refractivity contribution is 7.87. The first-order valence-electron chi connectivity index (χ1n) is 3.72. The maximum absolute atomic E-state index is 11.4. The van der Waals surface area contributed by atoms with Gasteiger partial charge in [-0.3, -0.25) is 4.21 Å². The Kier molecular flexibility index (Phi) is 3.29. The first kappa shape index (κ1) is 9.75. The summed E-state index contributed by atoms with van der Waals surface area (Å²) in [5.41, 5.74) is 1.16. The minimum Gasteiger partial charge on any atom is -0.253 e. The lowest BCUT2D eigenvalue weighted by molar-refractivity contribution is 0.682. The van der Waals surface area contributed by atoms with Gasteiger partial charge in [-0.25, -0.2) is 0 Å². The van der Waals surface area contributed by atoms with Gasteiger partial charge in [-0.15, -0.1) is 11.6 Å². The molecule has 0 heterocycles. The number of rotatable bonds is 2. The number of halogens is 1. The maximum atomic E-state index is 11.4. The third-order valence-corrected chi connectivity index (χ3v) is 3.36. The van der Waals surface area contributed by atoms with Crippen LogP contribution in [0, 0.1) is 6.92 Å². The van der Waals surface area contributed by atoms with Crippen LogP contribution in [0.5, 0.6) is 0 Å². The van der Waals surface area contributed by atoms with Crippen LogP contribution in [-0.4, -0.2) is 8.92 Å². The van der Waals surface area contributed by atoms with E-state index in [1.165, 1.54) is 0 Å². The van der Waals surface area contributed by atoms with Crippen molar-refractivity contribution >= 4 is 22.4 Å². The molecule has 1 aromatic rings. The molecule has 0 aliphatic rings. The molecular formula is C9H11ClOS. The van der Waals surface area contributed by atoms with E-state index in [9.17, 15) is 4.21 Å². The van der Waals surface area contributed by atoms with Gasteiger partial charge in [0.05, 0.1) is 10.8 Å². The van der Waals surface area contributed by atoms with Crippen LogP contribution in [0.2, 0.25) is 0 Å². The number of hydrogen-bond donors (Lipinski definition) is 0. The summed E-state index contributed by atoms with van der Waals surface area (Å²) in [5.74, 6) is 0. The minimum absolute atomic E-state index is 0.326.